The molecule has 1 N–H and O–H groups in total. The van der Waals surface area contributed by atoms with Crippen LogP contribution in [-0.2, 0) is 12.0 Å². The second-order valence-corrected chi connectivity index (χ2v) is 10.1. The highest BCUT2D eigenvalue weighted by molar-refractivity contribution is 5.55. The molecule has 8 heteroatoms. The number of nitrogens with zero attached hydrogens (tertiary/aromatic N) is 5. The Morgan fingerprint density at radius 1 is 1.11 bits per heavy atom. The van der Waals surface area contributed by atoms with Crippen LogP contribution in [0.2, 0.25) is 0 Å². The third-order valence-electron chi connectivity index (χ3n) is 7.54. The first-order valence-corrected chi connectivity index (χ1v) is 14.2. The Morgan fingerprint density at radius 2 is 1.76 bits per heavy atom. The third-order valence-corrected chi connectivity index (χ3v) is 7.54. The average molecular weight is 523 g/mol. The molecule has 1 aromatic heterocycles. The van der Waals surface area contributed by atoms with Crippen LogP contribution in [0.25, 0.3) is 0 Å². The number of piperazine rings is 1. The quantitative estimate of drug-likeness (QED) is 0.597. The fourth-order valence-electron chi connectivity index (χ4n) is 5.79. The SMILES string of the molecule is CC.CC#N.CN1CCCC1.COc1nc2c(c(N3CCNCC3)n1)CCC1(CC(C)c3ccccc31)O2. The third kappa shape index (κ3) is 6.75. The van der Waals surface area contributed by atoms with Gasteiger partial charge in [-0.2, -0.15) is 15.2 Å². The van der Waals surface area contributed by atoms with Gasteiger partial charge in [0.05, 0.1) is 18.7 Å². The molecule has 2 aromatic rings. The number of ether oxygens (including phenoxy) is 2. The summed E-state index contributed by atoms with van der Waals surface area (Å²) in [5, 5.41) is 10.7. The Kier molecular flexibility index (Phi) is 11.2. The highest BCUT2D eigenvalue weighted by Crippen LogP contribution is 2.52. The number of aromatic nitrogens is 2. The largest absolute Gasteiger partial charge is 0.467 e. The summed E-state index contributed by atoms with van der Waals surface area (Å²) in [5.41, 5.74) is 3.58. The Balaban J connectivity index is 0.000000309. The molecule has 0 saturated carbocycles. The predicted molar refractivity (Wildman–Crippen MR) is 153 cm³/mol. The molecule has 208 valence electrons. The van der Waals surface area contributed by atoms with E-state index < -0.39 is 0 Å². The molecule has 6 rings (SSSR count). The van der Waals surface area contributed by atoms with Crippen molar-refractivity contribution in [3.8, 4) is 18.0 Å². The molecule has 4 aliphatic rings. The van der Waals surface area contributed by atoms with Crippen LogP contribution < -0.4 is 19.7 Å². The molecule has 1 spiro atoms. The number of hydrogen-bond donors (Lipinski definition) is 1. The molecule has 2 saturated heterocycles. The lowest BCUT2D eigenvalue weighted by Gasteiger charge is -2.38. The second kappa shape index (κ2) is 14.3. The van der Waals surface area contributed by atoms with Crippen molar-refractivity contribution >= 4 is 5.82 Å². The highest BCUT2D eigenvalue weighted by atomic mass is 16.5. The normalized spacial score (nSPS) is 23.2. The maximum Gasteiger partial charge on any atom is 0.321 e. The van der Waals surface area contributed by atoms with Crippen molar-refractivity contribution in [3.63, 3.8) is 0 Å². The van der Waals surface area contributed by atoms with Crippen LogP contribution in [0.4, 0.5) is 5.82 Å². The summed E-state index contributed by atoms with van der Waals surface area (Å²) in [6, 6.07) is 10.8. The standard InChI is InChI=1S/C21H26N4O2.C5H11N.C2H3N.C2H6/c1-14-13-21(17-6-4-3-5-15(14)17)8-7-16-18(25-11-9-22-10-12-25)23-20(26-2)24-19(16)27-21;1-6-4-2-3-5-6;1-2-3;1-2/h3-6,14,22H,7-13H2,1-2H3;2-5H2,1H3;1H3;1-2H3. The molecule has 4 heterocycles. The Hall–Kier alpha value is -2.89. The van der Waals surface area contributed by atoms with Gasteiger partial charge in [-0.25, -0.2) is 0 Å². The summed E-state index contributed by atoms with van der Waals surface area (Å²) in [5.74, 6) is 2.18. The first-order chi connectivity index (χ1) is 18.5. The van der Waals surface area contributed by atoms with Crippen molar-refractivity contribution in [2.45, 2.75) is 71.3 Å². The van der Waals surface area contributed by atoms with Gasteiger partial charge < -0.3 is 24.6 Å². The van der Waals surface area contributed by atoms with Gasteiger partial charge >= 0.3 is 6.01 Å². The van der Waals surface area contributed by atoms with Gasteiger partial charge in [0.1, 0.15) is 11.4 Å². The molecule has 0 amide bonds. The van der Waals surface area contributed by atoms with Gasteiger partial charge in [-0.1, -0.05) is 45.0 Å². The first-order valence-electron chi connectivity index (χ1n) is 14.2. The van der Waals surface area contributed by atoms with E-state index in [1.807, 2.05) is 13.8 Å². The van der Waals surface area contributed by atoms with E-state index in [0.717, 1.165) is 56.8 Å². The summed E-state index contributed by atoms with van der Waals surface area (Å²) in [6.45, 7) is 14.2. The number of hydrogen-bond acceptors (Lipinski definition) is 8. The zero-order chi connectivity index (χ0) is 27.5. The van der Waals surface area contributed by atoms with E-state index >= 15 is 0 Å². The number of rotatable bonds is 2. The number of anilines is 1. The van der Waals surface area contributed by atoms with Gasteiger partial charge in [-0.3, -0.25) is 0 Å². The molecule has 0 radical (unpaired) electrons. The first kappa shape index (κ1) is 29.7. The summed E-state index contributed by atoms with van der Waals surface area (Å²) in [4.78, 5) is 14.0. The molecule has 38 heavy (non-hydrogen) atoms. The lowest BCUT2D eigenvalue weighted by atomic mass is 9.86. The lowest BCUT2D eigenvalue weighted by molar-refractivity contribution is 0.0342. The van der Waals surface area contributed by atoms with Crippen molar-refractivity contribution in [3.05, 3.63) is 41.0 Å². The molecule has 3 aliphatic heterocycles. The number of likely N-dealkylation sites (tertiary alicyclic amines) is 1. The number of nitriles is 1. The van der Waals surface area contributed by atoms with E-state index in [-0.39, 0.29) is 5.60 Å². The smallest absolute Gasteiger partial charge is 0.321 e. The van der Waals surface area contributed by atoms with Crippen LogP contribution in [0.1, 0.15) is 76.0 Å². The van der Waals surface area contributed by atoms with Gasteiger partial charge in [-0.05, 0) is 69.3 Å². The molecule has 8 nitrogen and oxygen atoms in total. The van der Waals surface area contributed by atoms with Gasteiger partial charge in [0.15, 0.2) is 0 Å². The van der Waals surface area contributed by atoms with Gasteiger partial charge in [0, 0.05) is 33.1 Å². The Labute approximate surface area is 229 Å². The number of fused-ring (bicyclic) bond motifs is 3. The maximum absolute atomic E-state index is 7.32. The van der Waals surface area contributed by atoms with Crippen LogP contribution in [0, 0.1) is 11.3 Å². The topological polar surface area (TPSA) is 86.5 Å². The van der Waals surface area contributed by atoms with Crippen LogP contribution in [0.5, 0.6) is 11.9 Å². The maximum atomic E-state index is 7.32. The Morgan fingerprint density at radius 3 is 2.37 bits per heavy atom. The molecule has 1 aliphatic carbocycles. The minimum Gasteiger partial charge on any atom is -0.467 e. The van der Waals surface area contributed by atoms with E-state index in [1.165, 1.54) is 44.0 Å². The zero-order valence-corrected chi connectivity index (χ0v) is 24.2. The number of benzene rings is 1. The fraction of sp³-hybridized carbons (Fsp3) is 0.633. The van der Waals surface area contributed by atoms with Crippen LogP contribution in [-0.4, -0.2) is 68.3 Å². The molecule has 2 fully saturated rings. The summed E-state index contributed by atoms with van der Waals surface area (Å²) >= 11 is 0. The van der Waals surface area contributed by atoms with Crippen LogP contribution >= 0.6 is 0 Å². The summed E-state index contributed by atoms with van der Waals surface area (Å²) < 4.78 is 12.1. The lowest BCUT2D eigenvalue weighted by Crippen LogP contribution is -2.45. The Bertz CT molecular complexity index is 1060. The van der Waals surface area contributed by atoms with Crippen molar-refractivity contribution in [1.82, 2.24) is 20.2 Å². The van der Waals surface area contributed by atoms with Gasteiger partial charge in [-0.15, -0.1) is 0 Å². The van der Waals surface area contributed by atoms with E-state index in [9.17, 15) is 0 Å². The second-order valence-electron chi connectivity index (χ2n) is 10.1. The van der Waals surface area contributed by atoms with Gasteiger partial charge in [0.25, 0.3) is 0 Å². The minimum absolute atomic E-state index is 0.275. The monoisotopic (exact) mass is 522 g/mol. The predicted octanol–water partition coefficient (Wildman–Crippen LogP) is 4.89. The van der Waals surface area contributed by atoms with E-state index in [2.05, 4.69) is 63.3 Å². The van der Waals surface area contributed by atoms with Crippen molar-refractivity contribution in [2.24, 2.45) is 0 Å². The van der Waals surface area contributed by atoms with E-state index in [4.69, 9.17) is 14.7 Å². The molecular weight excluding hydrogens is 476 g/mol. The fourth-order valence-corrected chi connectivity index (χ4v) is 5.79. The molecule has 1 aromatic carbocycles. The minimum atomic E-state index is -0.275. The van der Waals surface area contributed by atoms with Crippen molar-refractivity contribution in [2.75, 3.05) is 58.3 Å². The summed E-state index contributed by atoms with van der Waals surface area (Å²) in [7, 11) is 3.79. The van der Waals surface area contributed by atoms with Gasteiger partial charge in [0.2, 0.25) is 5.88 Å². The summed E-state index contributed by atoms with van der Waals surface area (Å²) in [6.07, 6.45) is 5.73. The van der Waals surface area contributed by atoms with Crippen LogP contribution in [0.3, 0.4) is 0 Å². The molecule has 0 bridgehead atoms. The van der Waals surface area contributed by atoms with Crippen LogP contribution in [0.15, 0.2) is 24.3 Å². The number of nitrogens with one attached hydrogen (secondary N) is 1. The molecular formula is C30H46N6O2. The van der Waals surface area contributed by atoms with Crippen molar-refractivity contribution in [1.29, 1.82) is 5.26 Å². The van der Waals surface area contributed by atoms with E-state index in [1.54, 1.807) is 13.2 Å². The van der Waals surface area contributed by atoms with Crippen molar-refractivity contribution < 1.29 is 9.47 Å². The highest BCUT2D eigenvalue weighted by Gasteiger charge is 2.47. The molecule has 2 atom stereocenters. The average Bonchev–Trinajstić information content (AvgIpc) is 3.55. The zero-order valence-electron chi connectivity index (χ0n) is 24.2. The van der Waals surface area contributed by atoms with E-state index in [0.29, 0.717) is 17.8 Å². The molecule has 2 unspecified atom stereocenters. The number of methoxy groups -OCH3 is 1.